The second-order valence-electron chi connectivity index (χ2n) is 3.98. The maximum absolute atomic E-state index is 11.3. The maximum Gasteiger partial charge on any atom is 0.152 e. The van der Waals surface area contributed by atoms with Crippen molar-refractivity contribution in [3.05, 3.63) is 68.7 Å². The predicted octanol–water partition coefficient (Wildman–Crippen LogP) is 5.95. The number of allylic oxidation sites excluding steroid dienone is 1. The lowest BCUT2D eigenvalue weighted by atomic mass is 10.0. The van der Waals surface area contributed by atoms with E-state index in [1.54, 1.807) is 42.5 Å². The van der Waals surface area contributed by atoms with Crippen molar-refractivity contribution >= 4 is 63.3 Å². The van der Waals surface area contributed by atoms with Crippen LogP contribution in [0.4, 0.5) is 0 Å². The van der Waals surface area contributed by atoms with E-state index in [0.717, 1.165) is 0 Å². The Morgan fingerprint density at radius 1 is 0.900 bits per heavy atom. The molecule has 5 heteroatoms. The Bertz CT molecular complexity index is 675. The van der Waals surface area contributed by atoms with E-state index in [9.17, 15) is 4.79 Å². The SMILES string of the molecule is O=CC(=C(Cl)c1ccc(Cl)cc1Cl)c1ccc(Cl)cc1. The summed E-state index contributed by atoms with van der Waals surface area (Å²) in [4.78, 5) is 11.3. The lowest BCUT2D eigenvalue weighted by molar-refractivity contribution is -0.103. The van der Waals surface area contributed by atoms with E-state index in [1.165, 1.54) is 0 Å². The van der Waals surface area contributed by atoms with E-state index in [2.05, 4.69) is 0 Å². The highest BCUT2D eigenvalue weighted by atomic mass is 35.5. The summed E-state index contributed by atoms with van der Waals surface area (Å²) in [5, 5.41) is 1.74. The Kier molecular flexibility index (Phi) is 5.11. The fourth-order valence-electron chi connectivity index (χ4n) is 1.69. The summed E-state index contributed by atoms with van der Waals surface area (Å²) in [7, 11) is 0. The number of rotatable bonds is 3. The minimum absolute atomic E-state index is 0.268. The van der Waals surface area contributed by atoms with Crippen LogP contribution < -0.4 is 0 Å². The summed E-state index contributed by atoms with van der Waals surface area (Å²) in [6, 6.07) is 11.7. The predicted molar refractivity (Wildman–Crippen MR) is 86.6 cm³/mol. The number of carbonyl (C=O) groups is 1. The summed E-state index contributed by atoms with van der Waals surface area (Å²) < 4.78 is 0. The second-order valence-corrected chi connectivity index (χ2v) is 5.63. The van der Waals surface area contributed by atoms with Gasteiger partial charge in [-0.1, -0.05) is 64.6 Å². The molecule has 0 N–H and O–H groups in total. The van der Waals surface area contributed by atoms with Gasteiger partial charge in [0.25, 0.3) is 0 Å². The van der Waals surface area contributed by atoms with Crippen molar-refractivity contribution in [2.45, 2.75) is 0 Å². The van der Waals surface area contributed by atoms with Gasteiger partial charge in [0, 0.05) is 21.2 Å². The van der Waals surface area contributed by atoms with E-state index < -0.39 is 0 Å². The van der Waals surface area contributed by atoms with Gasteiger partial charge in [0.15, 0.2) is 6.29 Å². The summed E-state index contributed by atoms with van der Waals surface area (Å²) in [6.45, 7) is 0. The van der Waals surface area contributed by atoms with Crippen LogP contribution in [0.15, 0.2) is 42.5 Å². The van der Waals surface area contributed by atoms with Crippen molar-refractivity contribution in [3.8, 4) is 0 Å². The number of hydrogen-bond acceptors (Lipinski definition) is 1. The molecule has 0 heterocycles. The molecule has 0 spiro atoms. The van der Waals surface area contributed by atoms with Crippen LogP contribution in [-0.4, -0.2) is 6.29 Å². The first-order valence-electron chi connectivity index (χ1n) is 5.59. The molecule has 0 aliphatic rings. The molecule has 2 aromatic carbocycles. The van der Waals surface area contributed by atoms with Crippen LogP contribution in [0, 0.1) is 0 Å². The number of halogens is 4. The minimum atomic E-state index is 0.268. The average molecular weight is 346 g/mol. The van der Waals surface area contributed by atoms with Crippen LogP contribution in [0.5, 0.6) is 0 Å². The molecule has 20 heavy (non-hydrogen) atoms. The van der Waals surface area contributed by atoms with E-state index in [0.29, 0.717) is 38.1 Å². The Hall–Kier alpha value is -0.990. The molecule has 0 fully saturated rings. The van der Waals surface area contributed by atoms with Crippen LogP contribution in [0.1, 0.15) is 11.1 Å². The number of benzene rings is 2. The Morgan fingerprint density at radius 2 is 1.50 bits per heavy atom. The molecule has 2 aromatic rings. The third-order valence-corrected chi connectivity index (χ3v) is 3.88. The molecule has 0 aromatic heterocycles. The van der Waals surface area contributed by atoms with Gasteiger partial charge in [-0.15, -0.1) is 0 Å². The fraction of sp³-hybridized carbons (Fsp3) is 0. The minimum Gasteiger partial charge on any atom is -0.298 e. The van der Waals surface area contributed by atoms with Gasteiger partial charge in [0.05, 0.1) is 10.1 Å². The van der Waals surface area contributed by atoms with Crippen molar-refractivity contribution in [2.24, 2.45) is 0 Å². The summed E-state index contributed by atoms with van der Waals surface area (Å²) in [6.07, 6.45) is 0.691. The highest BCUT2D eigenvalue weighted by Crippen LogP contribution is 2.34. The lowest BCUT2D eigenvalue weighted by Crippen LogP contribution is -1.90. The van der Waals surface area contributed by atoms with Gasteiger partial charge in [0.2, 0.25) is 0 Å². The van der Waals surface area contributed by atoms with Gasteiger partial charge in [-0.05, 0) is 29.8 Å². The Labute approximate surface area is 136 Å². The first-order chi connectivity index (χ1) is 9.52. The van der Waals surface area contributed by atoms with Gasteiger partial charge < -0.3 is 0 Å². The van der Waals surface area contributed by atoms with Crippen LogP contribution in [0.2, 0.25) is 15.1 Å². The molecule has 0 radical (unpaired) electrons. The third kappa shape index (κ3) is 3.36. The van der Waals surface area contributed by atoms with E-state index in [-0.39, 0.29) is 5.03 Å². The first-order valence-corrected chi connectivity index (χ1v) is 7.10. The van der Waals surface area contributed by atoms with E-state index in [4.69, 9.17) is 46.4 Å². The van der Waals surface area contributed by atoms with Gasteiger partial charge in [-0.25, -0.2) is 0 Å². The van der Waals surface area contributed by atoms with Gasteiger partial charge >= 0.3 is 0 Å². The molecule has 0 bridgehead atoms. The number of carbonyl (C=O) groups excluding carboxylic acids is 1. The van der Waals surface area contributed by atoms with Crippen LogP contribution in [0.3, 0.4) is 0 Å². The van der Waals surface area contributed by atoms with E-state index >= 15 is 0 Å². The molecule has 0 aliphatic carbocycles. The highest BCUT2D eigenvalue weighted by molar-refractivity contribution is 6.57. The first kappa shape index (κ1) is 15.4. The van der Waals surface area contributed by atoms with Crippen molar-refractivity contribution in [3.63, 3.8) is 0 Å². The normalized spacial score (nSPS) is 12.0. The zero-order valence-electron chi connectivity index (χ0n) is 10.0. The number of aldehydes is 1. The van der Waals surface area contributed by atoms with E-state index in [1.807, 2.05) is 0 Å². The zero-order chi connectivity index (χ0) is 14.7. The molecule has 102 valence electrons. The quantitative estimate of drug-likeness (QED) is 0.381. The number of hydrogen-bond donors (Lipinski definition) is 0. The smallest absolute Gasteiger partial charge is 0.152 e. The topological polar surface area (TPSA) is 17.1 Å². The molecule has 0 amide bonds. The largest absolute Gasteiger partial charge is 0.298 e. The lowest BCUT2D eigenvalue weighted by Gasteiger charge is -2.08. The molecule has 1 nitrogen and oxygen atoms in total. The van der Waals surface area contributed by atoms with Gasteiger partial charge in [0.1, 0.15) is 0 Å². The fourth-order valence-corrected chi connectivity index (χ4v) is 2.68. The van der Waals surface area contributed by atoms with Crippen molar-refractivity contribution in [1.29, 1.82) is 0 Å². The van der Waals surface area contributed by atoms with Gasteiger partial charge in [-0.2, -0.15) is 0 Å². The van der Waals surface area contributed by atoms with Crippen LogP contribution >= 0.6 is 46.4 Å². The molecule has 2 rings (SSSR count). The summed E-state index contributed by atoms with van der Waals surface area (Å²) >= 11 is 24.1. The van der Waals surface area contributed by atoms with Crippen molar-refractivity contribution in [1.82, 2.24) is 0 Å². The van der Waals surface area contributed by atoms with Crippen LogP contribution in [0.25, 0.3) is 10.6 Å². The molecule has 0 unspecified atom stereocenters. The maximum atomic E-state index is 11.3. The zero-order valence-corrected chi connectivity index (χ0v) is 13.1. The third-order valence-electron chi connectivity index (χ3n) is 2.68. The second kappa shape index (κ2) is 6.64. The molecular formula is C15H8Cl4O. The highest BCUT2D eigenvalue weighted by Gasteiger charge is 2.12. The van der Waals surface area contributed by atoms with Gasteiger partial charge in [-0.3, -0.25) is 4.79 Å². The Morgan fingerprint density at radius 3 is 2.05 bits per heavy atom. The van der Waals surface area contributed by atoms with Crippen LogP contribution in [-0.2, 0) is 4.79 Å². The Balaban J connectivity index is 2.57. The standard InChI is InChI=1S/C15H8Cl4O/c16-10-3-1-9(2-4-10)13(8-20)15(19)12-6-5-11(17)7-14(12)18/h1-8H. The monoisotopic (exact) mass is 344 g/mol. The van der Waals surface area contributed by atoms with Crippen molar-refractivity contribution < 1.29 is 4.79 Å². The summed E-state index contributed by atoms with van der Waals surface area (Å²) in [5.41, 5.74) is 1.56. The molecule has 0 atom stereocenters. The summed E-state index contributed by atoms with van der Waals surface area (Å²) in [5.74, 6) is 0. The molecular weight excluding hydrogens is 338 g/mol. The molecule has 0 saturated carbocycles. The molecule has 0 aliphatic heterocycles. The molecule has 0 saturated heterocycles. The average Bonchev–Trinajstić information content (AvgIpc) is 2.41. The van der Waals surface area contributed by atoms with Crippen molar-refractivity contribution in [2.75, 3.05) is 0 Å².